The first-order chi connectivity index (χ1) is 16.6. The molecule has 180 valence electrons. The predicted molar refractivity (Wildman–Crippen MR) is 130 cm³/mol. The molecule has 2 aromatic carbocycles. The van der Waals surface area contributed by atoms with E-state index in [0.29, 0.717) is 16.8 Å². The number of amides is 1. The molecule has 0 aliphatic carbocycles. The number of aromatic nitrogens is 1. The van der Waals surface area contributed by atoms with E-state index in [9.17, 15) is 19.5 Å². The molecule has 1 atom stereocenters. The molecule has 2 heterocycles. The maximum Gasteiger partial charge on any atom is 0.350 e. The summed E-state index contributed by atoms with van der Waals surface area (Å²) in [5.74, 6) is -3.62. The maximum absolute atomic E-state index is 15.0. The lowest BCUT2D eigenvalue weighted by atomic mass is 9.93. The van der Waals surface area contributed by atoms with Crippen molar-refractivity contribution < 1.29 is 28.6 Å². The highest BCUT2D eigenvalue weighted by Crippen LogP contribution is 2.44. The fourth-order valence-corrected chi connectivity index (χ4v) is 5.02. The van der Waals surface area contributed by atoms with E-state index in [2.05, 4.69) is 4.98 Å². The van der Waals surface area contributed by atoms with E-state index < -0.39 is 35.3 Å². The number of Topliss-reactive ketones (excluding diaryl/α,β-unsaturated/α-hetero) is 1. The number of ketones is 1. The monoisotopic (exact) mass is 494 g/mol. The second-order valence-corrected chi connectivity index (χ2v) is 9.12. The topological polar surface area (TPSA) is 96.8 Å². The van der Waals surface area contributed by atoms with Gasteiger partial charge in [-0.1, -0.05) is 47.2 Å². The summed E-state index contributed by atoms with van der Waals surface area (Å²) in [5, 5.41) is 11.3. The summed E-state index contributed by atoms with van der Waals surface area (Å²) in [6.45, 7) is 6.99. The summed E-state index contributed by atoms with van der Waals surface area (Å²) < 4.78 is 20.1. The molecule has 0 bridgehead atoms. The third-order valence-electron chi connectivity index (χ3n) is 5.74. The number of rotatable bonds is 5. The Kier molecular flexibility index (Phi) is 6.53. The number of hydrogen-bond acceptors (Lipinski definition) is 7. The van der Waals surface area contributed by atoms with Crippen LogP contribution in [-0.2, 0) is 14.3 Å². The number of anilines is 1. The van der Waals surface area contributed by atoms with Crippen LogP contribution >= 0.6 is 11.3 Å². The molecule has 35 heavy (non-hydrogen) atoms. The molecular weight excluding hydrogens is 471 g/mol. The fraction of sp³-hybridized carbons (Fsp3) is 0.231. The molecule has 0 saturated carbocycles. The quantitative estimate of drug-likeness (QED) is 0.232. The van der Waals surface area contributed by atoms with Crippen LogP contribution in [0.5, 0.6) is 0 Å². The number of carbonyl (C=O) groups excluding carboxylic acids is 3. The first kappa shape index (κ1) is 24.3. The molecule has 1 fully saturated rings. The van der Waals surface area contributed by atoms with Crippen LogP contribution in [0.2, 0.25) is 0 Å². The van der Waals surface area contributed by atoms with Gasteiger partial charge in [0.2, 0.25) is 0 Å². The van der Waals surface area contributed by atoms with Crippen molar-refractivity contribution in [2.75, 3.05) is 11.5 Å². The van der Waals surface area contributed by atoms with Gasteiger partial charge < -0.3 is 9.84 Å². The third-order valence-corrected chi connectivity index (χ3v) is 6.88. The molecule has 7 nitrogen and oxygen atoms in total. The molecule has 9 heteroatoms. The molecule has 1 amide bonds. The molecule has 1 aliphatic heterocycles. The zero-order chi connectivity index (χ0) is 25.4. The fourth-order valence-electron chi connectivity index (χ4n) is 4.03. The highest BCUT2D eigenvalue weighted by molar-refractivity contribution is 7.17. The van der Waals surface area contributed by atoms with Gasteiger partial charge in [-0.2, -0.15) is 0 Å². The molecule has 1 saturated heterocycles. The number of nitrogens with zero attached hydrogens (tertiary/aromatic N) is 2. The average Bonchev–Trinajstić information content (AvgIpc) is 3.32. The molecule has 3 aromatic rings. The highest BCUT2D eigenvalue weighted by atomic mass is 32.1. The number of benzene rings is 2. The Hall–Kier alpha value is -3.85. The first-order valence-electron chi connectivity index (χ1n) is 10.9. The summed E-state index contributed by atoms with van der Waals surface area (Å²) in [4.78, 5) is 44.4. The van der Waals surface area contributed by atoms with Gasteiger partial charge in [0.15, 0.2) is 5.13 Å². The van der Waals surface area contributed by atoms with Gasteiger partial charge in [0.25, 0.3) is 5.78 Å². The van der Waals surface area contributed by atoms with Crippen LogP contribution < -0.4 is 4.90 Å². The second-order valence-electron chi connectivity index (χ2n) is 8.14. The number of hydrogen-bond donors (Lipinski definition) is 1. The molecule has 0 spiro atoms. The van der Waals surface area contributed by atoms with Gasteiger partial charge in [-0.15, -0.1) is 0 Å². The lowest BCUT2D eigenvalue weighted by Crippen LogP contribution is -2.29. The Morgan fingerprint density at radius 2 is 1.89 bits per heavy atom. The number of esters is 1. The van der Waals surface area contributed by atoms with E-state index >= 15 is 4.39 Å². The zero-order valence-electron chi connectivity index (χ0n) is 19.6. The number of aliphatic hydroxyl groups is 1. The van der Waals surface area contributed by atoms with Gasteiger partial charge in [-0.05, 0) is 45.4 Å². The number of carbonyl (C=O) groups is 3. The van der Waals surface area contributed by atoms with Crippen molar-refractivity contribution in [2.45, 2.75) is 33.7 Å². The molecule has 1 aromatic heterocycles. The van der Waals surface area contributed by atoms with E-state index in [4.69, 9.17) is 4.74 Å². The van der Waals surface area contributed by atoms with E-state index in [1.54, 1.807) is 39.0 Å². The Morgan fingerprint density at radius 1 is 1.17 bits per heavy atom. The van der Waals surface area contributed by atoms with Crippen LogP contribution in [0.1, 0.15) is 50.6 Å². The van der Waals surface area contributed by atoms with Crippen molar-refractivity contribution in [3.05, 3.63) is 86.7 Å². The van der Waals surface area contributed by atoms with Gasteiger partial charge in [-0.25, -0.2) is 14.2 Å². The summed E-state index contributed by atoms with van der Waals surface area (Å²) in [7, 11) is 0. The van der Waals surface area contributed by atoms with Crippen molar-refractivity contribution in [2.24, 2.45) is 0 Å². The van der Waals surface area contributed by atoms with Crippen LogP contribution in [-0.4, -0.2) is 34.4 Å². The summed E-state index contributed by atoms with van der Waals surface area (Å²) in [5.41, 5.74) is 1.96. The average molecular weight is 495 g/mol. The highest BCUT2D eigenvalue weighted by Gasteiger charge is 2.49. The van der Waals surface area contributed by atoms with Crippen LogP contribution in [0, 0.1) is 26.6 Å². The van der Waals surface area contributed by atoms with Crippen molar-refractivity contribution in [3.8, 4) is 0 Å². The molecular formula is C26H23FN2O5S. The Balaban J connectivity index is 1.96. The maximum atomic E-state index is 15.0. The van der Waals surface area contributed by atoms with Crippen molar-refractivity contribution >= 4 is 39.9 Å². The van der Waals surface area contributed by atoms with E-state index in [1.165, 1.54) is 18.2 Å². The van der Waals surface area contributed by atoms with E-state index in [0.717, 1.165) is 21.8 Å². The standard InChI is InChI=1S/C26H23FN2O5S/c1-5-34-25(33)23-15(4)28-26(35-23)29-20(16-8-6-7-9-18(16)27)19(22(31)24(29)32)21(30)17-12-13(2)10-11-14(17)3/h6-12,20,30H,5H2,1-4H3. The summed E-state index contributed by atoms with van der Waals surface area (Å²) in [6.07, 6.45) is 0. The van der Waals surface area contributed by atoms with E-state index in [1.807, 2.05) is 13.0 Å². The summed E-state index contributed by atoms with van der Waals surface area (Å²) >= 11 is 0.871. The minimum atomic E-state index is -1.28. The molecule has 1 aliphatic rings. The van der Waals surface area contributed by atoms with Gasteiger partial charge in [0.1, 0.15) is 22.5 Å². The van der Waals surface area contributed by atoms with Crippen LogP contribution in [0.3, 0.4) is 0 Å². The third kappa shape index (κ3) is 4.23. The Morgan fingerprint density at radius 3 is 2.57 bits per heavy atom. The lowest BCUT2D eigenvalue weighted by molar-refractivity contribution is -0.132. The Bertz CT molecular complexity index is 1390. The number of aryl methyl sites for hydroxylation is 3. The molecule has 1 unspecified atom stereocenters. The van der Waals surface area contributed by atoms with Crippen molar-refractivity contribution in [1.82, 2.24) is 4.98 Å². The predicted octanol–water partition coefficient (Wildman–Crippen LogP) is 5.01. The van der Waals surface area contributed by atoms with Crippen LogP contribution in [0.25, 0.3) is 5.76 Å². The zero-order valence-corrected chi connectivity index (χ0v) is 20.4. The minimum Gasteiger partial charge on any atom is -0.507 e. The van der Waals surface area contributed by atoms with Gasteiger partial charge in [0, 0.05) is 11.1 Å². The number of ether oxygens (including phenoxy) is 1. The SMILES string of the molecule is CCOC(=O)c1sc(N2C(=O)C(=O)C(=C(O)c3cc(C)ccc3C)C2c2ccccc2F)nc1C. The molecule has 4 rings (SSSR count). The normalized spacial score (nSPS) is 17.2. The van der Waals surface area contributed by atoms with Gasteiger partial charge in [-0.3, -0.25) is 14.5 Å². The van der Waals surface area contributed by atoms with Gasteiger partial charge >= 0.3 is 11.9 Å². The molecule has 1 N–H and O–H groups in total. The number of halogens is 1. The smallest absolute Gasteiger partial charge is 0.350 e. The number of aliphatic hydroxyl groups excluding tert-OH is 1. The summed E-state index contributed by atoms with van der Waals surface area (Å²) in [6, 6.07) is 9.78. The van der Waals surface area contributed by atoms with Gasteiger partial charge in [0.05, 0.1) is 17.9 Å². The number of thiazole rings is 1. The largest absolute Gasteiger partial charge is 0.507 e. The Labute approximate surface area is 205 Å². The van der Waals surface area contributed by atoms with Crippen molar-refractivity contribution in [3.63, 3.8) is 0 Å². The second kappa shape index (κ2) is 9.42. The molecule has 0 radical (unpaired) electrons. The first-order valence-corrected chi connectivity index (χ1v) is 11.7. The van der Waals surface area contributed by atoms with Crippen molar-refractivity contribution in [1.29, 1.82) is 0 Å². The minimum absolute atomic E-state index is 0.0177. The van der Waals surface area contributed by atoms with Crippen LogP contribution in [0.4, 0.5) is 9.52 Å². The lowest BCUT2D eigenvalue weighted by Gasteiger charge is -2.23. The van der Waals surface area contributed by atoms with E-state index in [-0.39, 0.29) is 27.8 Å². The van der Waals surface area contributed by atoms with Crippen LogP contribution in [0.15, 0.2) is 48.0 Å².